The minimum Gasteiger partial charge on any atom is -0.374 e. The highest BCUT2D eigenvalue weighted by molar-refractivity contribution is 8.00. The number of amides is 1. The van der Waals surface area contributed by atoms with Crippen LogP contribution in [-0.2, 0) is 9.53 Å². The van der Waals surface area contributed by atoms with Gasteiger partial charge in [0.2, 0.25) is 5.91 Å². The number of fused-ring (bicyclic) bond motifs is 5. The second-order valence-electron chi connectivity index (χ2n) is 11.9. The number of nitrogens with zero attached hydrogens (tertiary/aromatic N) is 1. The maximum atomic E-state index is 13.0. The third kappa shape index (κ3) is 3.22. The van der Waals surface area contributed by atoms with Crippen LogP contribution in [0.25, 0.3) is 0 Å². The van der Waals surface area contributed by atoms with Gasteiger partial charge in [-0.05, 0) is 86.7 Å². The van der Waals surface area contributed by atoms with Gasteiger partial charge in [0.25, 0.3) is 0 Å². The van der Waals surface area contributed by atoms with Gasteiger partial charge in [-0.15, -0.1) is 11.8 Å². The van der Waals surface area contributed by atoms with Gasteiger partial charge in [-0.1, -0.05) is 32.0 Å². The fraction of sp³-hybridized carbons (Fsp3) is 0.750. The first-order chi connectivity index (χ1) is 15.4. The maximum Gasteiger partial charge on any atom is 0.223 e. The summed E-state index contributed by atoms with van der Waals surface area (Å²) < 4.78 is 6.58. The maximum absolute atomic E-state index is 13.0. The Morgan fingerprint density at radius 2 is 1.75 bits per heavy atom. The summed E-state index contributed by atoms with van der Waals surface area (Å²) in [5, 5.41) is 0.371. The molecule has 5 aliphatic rings. The summed E-state index contributed by atoms with van der Waals surface area (Å²) in [5.41, 5.74) is 0.550. The van der Waals surface area contributed by atoms with Crippen molar-refractivity contribution in [1.29, 1.82) is 0 Å². The lowest BCUT2D eigenvalue weighted by Gasteiger charge is -2.63. The Bertz CT molecular complexity index is 871. The van der Waals surface area contributed by atoms with E-state index in [-0.39, 0.29) is 5.41 Å². The van der Waals surface area contributed by atoms with Crippen molar-refractivity contribution < 1.29 is 9.53 Å². The minimum absolute atomic E-state index is 0.183. The number of likely N-dealkylation sites (tertiary alicyclic amines) is 1. The molecule has 0 bridgehead atoms. The van der Waals surface area contributed by atoms with Crippen LogP contribution in [0.3, 0.4) is 0 Å². The van der Waals surface area contributed by atoms with E-state index in [9.17, 15) is 4.79 Å². The third-order valence-corrected chi connectivity index (χ3v) is 12.0. The van der Waals surface area contributed by atoms with Crippen molar-refractivity contribution in [3.63, 3.8) is 0 Å². The molecule has 0 aromatic heterocycles. The van der Waals surface area contributed by atoms with Crippen LogP contribution < -0.4 is 0 Å². The highest BCUT2D eigenvalue weighted by atomic mass is 32.2. The molecule has 1 amide bonds. The predicted molar refractivity (Wildman–Crippen MR) is 130 cm³/mol. The van der Waals surface area contributed by atoms with Crippen LogP contribution in [0, 0.1) is 28.6 Å². The van der Waals surface area contributed by atoms with Gasteiger partial charge in [0.05, 0.1) is 12.2 Å². The molecule has 4 saturated carbocycles. The third-order valence-electron chi connectivity index (χ3n) is 10.5. The molecule has 4 heteroatoms. The number of thioether (sulfide) groups is 1. The Balaban J connectivity index is 1.31. The van der Waals surface area contributed by atoms with Gasteiger partial charge in [0, 0.05) is 35.1 Å². The van der Waals surface area contributed by atoms with Gasteiger partial charge < -0.3 is 9.64 Å². The van der Waals surface area contributed by atoms with Gasteiger partial charge in [-0.25, -0.2) is 0 Å². The molecule has 0 N–H and O–H groups in total. The van der Waals surface area contributed by atoms with Crippen LogP contribution in [0.1, 0.15) is 71.6 Å². The molecule has 174 valence electrons. The number of ether oxygens (including phenoxy) is 1. The number of benzene rings is 1. The molecule has 1 aromatic carbocycles. The zero-order valence-corrected chi connectivity index (χ0v) is 20.8. The molecule has 4 aliphatic carbocycles. The van der Waals surface area contributed by atoms with E-state index in [4.69, 9.17) is 4.74 Å². The first kappa shape index (κ1) is 21.5. The molecule has 3 nitrogen and oxygen atoms in total. The molecule has 0 radical (unpaired) electrons. The van der Waals surface area contributed by atoms with Gasteiger partial charge in [-0.2, -0.15) is 0 Å². The summed E-state index contributed by atoms with van der Waals surface area (Å²) in [4.78, 5) is 16.5. The van der Waals surface area contributed by atoms with Crippen molar-refractivity contribution in [2.75, 3.05) is 7.05 Å². The van der Waals surface area contributed by atoms with E-state index in [1.54, 1.807) is 0 Å². The summed E-state index contributed by atoms with van der Waals surface area (Å²) >= 11 is 1.98. The Kier molecular flexibility index (Phi) is 5.22. The van der Waals surface area contributed by atoms with E-state index in [0.29, 0.717) is 41.2 Å². The molecule has 3 unspecified atom stereocenters. The van der Waals surface area contributed by atoms with Crippen molar-refractivity contribution >= 4 is 17.7 Å². The summed E-state index contributed by atoms with van der Waals surface area (Å²) in [6.45, 7) is 5.13. The molecular weight excluding hydrogens is 414 g/mol. The van der Waals surface area contributed by atoms with E-state index >= 15 is 0 Å². The lowest BCUT2D eigenvalue weighted by molar-refractivity contribution is -0.160. The fourth-order valence-electron chi connectivity index (χ4n) is 8.58. The molecule has 1 heterocycles. The molecule has 1 aromatic rings. The van der Waals surface area contributed by atoms with E-state index in [1.165, 1.54) is 56.3 Å². The van der Waals surface area contributed by atoms with Crippen molar-refractivity contribution in [1.82, 2.24) is 4.90 Å². The van der Waals surface area contributed by atoms with Crippen LogP contribution in [0.2, 0.25) is 0 Å². The molecule has 1 saturated heterocycles. The highest BCUT2D eigenvalue weighted by Crippen LogP contribution is 2.66. The smallest absolute Gasteiger partial charge is 0.223 e. The molecule has 32 heavy (non-hydrogen) atoms. The summed E-state index contributed by atoms with van der Waals surface area (Å²) in [6.07, 6.45) is 12.0. The van der Waals surface area contributed by atoms with Gasteiger partial charge in [0.1, 0.15) is 0 Å². The molecule has 6 rings (SSSR count). The number of piperidine rings is 1. The Morgan fingerprint density at radius 1 is 0.969 bits per heavy atom. The highest BCUT2D eigenvalue weighted by Gasteiger charge is 2.64. The monoisotopic (exact) mass is 453 g/mol. The number of hydrogen-bond acceptors (Lipinski definition) is 3. The predicted octanol–water partition coefficient (Wildman–Crippen LogP) is 6.17. The average Bonchev–Trinajstić information content (AvgIpc) is 3.54. The Morgan fingerprint density at radius 3 is 2.50 bits per heavy atom. The topological polar surface area (TPSA) is 29.5 Å². The van der Waals surface area contributed by atoms with Gasteiger partial charge >= 0.3 is 0 Å². The normalized spacial score (nSPS) is 45.8. The van der Waals surface area contributed by atoms with Crippen molar-refractivity contribution in [3.05, 3.63) is 30.3 Å². The lowest BCUT2D eigenvalue weighted by atomic mass is 9.47. The van der Waals surface area contributed by atoms with E-state index < -0.39 is 0 Å². The first-order valence-electron chi connectivity index (χ1n) is 13.0. The van der Waals surface area contributed by atoms with Gasteiger partial charge in [0.15, 0.2) is 0 Å². The van der Waals surface area contributed by atoms with Crippen LogP contribution in [0.5, 0.6) is 0 Å². The summed E-state index contributed by atoms with van der Waals surface area (Å²) in [7, 11) is 2.08. The Hall–Kier alpha value is -1.00. The van der Waals surface area contributed by atoms with E-state index in [0.717, 1.165) is 17.8 Å². The minimum atomic E-state index is 0.183. The summed E-state index contributed by atoms with van der Waals surface area (Å²) in [5.74, 6) is 2.66. The number of rotatable bonds is 4. The number of hydrogen-bond donors (Lipinski definition) is 0. The standard InChI is InChI=1S/C28H39NO2S/c1-27-16-15-22-20(21(27)12-14-24(27)31-18-9-10-18)11-13-23-28(22,2)25(17-26(30)29(23)3)32-19-7-5-4-6-8-19/h4-8,18,20-25H,9-17H2,1-3H3/t20-,21-,22+,23?,24?,25?,27-,28+/m0/s1. The average molecular weight is 454 g/mol. The molecule has 5 fully saturated rings. The number of carbonyl (C=O) groups is 1. The van der Waals surface area contributed by atoms with Crippen molar-refractivity contribution in [3.8, 4) is 0 Å². The molecule has 0 spiro atoms. The molecule has 1 aliphatic heterocycles. The first-order valence-corrected chi connectivity index (χ1v) is 13.9. The lowest BCUT2D eigenvalue weighted by Crippen LogP contribution is -2.65. The van der Waals surface area contributed by atoms with Crippen LogP contribution in [0.4, 0.5) is 0 Å². The zero-order valence-electron chi connectivity index (χ0n) is 20.0. The van der Waals surface area contributed by atoms with Crippen LogP contribution in [0.15, 0.2) is 35.2 Å². The second-order valence-corrected chi connectivity index (χ2v) is 13.2. The van der Waals surface area contributed by atoms with E-state index in [2.05, 4.69) is 56.1 Å². The van der Waals surface area contributed by atoms with Crippen LogP contribution in [-0.4, -0.2) is 41.4 Å². The Labute approximate surface area is 198 Å². The largest absolute Gasteiger partial charge is 0.374 e. The molecular formula is C28H39NO2S. The molecule has 8 atom stereocenters. The van der Waals surface area contributed by atoms with Crippen molar-refractivity contribution in [2.45, 2.75) is 100 Å². The second kappa shape index (κ2) is 7.77. The van der Waals surface area contributed by atoms with Crippen molar-refractivity contribution in [2.24, 2.45) is 28.6 Å². The van der Waals surface area contributed by atoms with E-state index in [1.807, 2.05) is 11.8 Å². The SMILES string of the molecule is CN1C(=O)CC(Sc2ccccc2)[C@@]2(C)C1CC[C@@H]1[C@H]2CC[C@]2(C)C(OC3CC3)CC[C@@H]12. The zero-order chi connectivity index (χ0) is 22.1. The quantitative estimate of drug-likeness (QED) is 0.546. The van der Waals surface area contributed by atoms with Gasteiger partial charge in [-0.3, -0.25) is 4.79 Å². The summed E-state index contributed by atoms with van der Waals surface area (Å²) in [6, 6.07) is 11.2. The number of carbonyl (C=O) groups excluding carboxylic acids is 1. The van der Waals surface area contributed by atoms with Crippen LogP contribution >= 0.6 is 11.8 Å². The fourth-order valence-corrected chi connectivity index (χ4v) is 10.0.